The van der Waals surface area contributed by atoms with Crippen molar-refractivity contribution >= 4 is 27.6 Å². The van der Waals surface area contributed by atoms with Crippen molar-refractivity contribution in [1.29, 1.82) is 0 Å². The number of esters is 1. The lowest BCUT2D eigenvalue weighted by molar-refractivity contribution is 0.0603. The number of fused-ring (bicyclic) bond motifs is 2. The molecule has 3 aromatic carbocycles. The van der Waals surface area contributed by atoms with Crippen LogP contribution in [-0.2, 0) is 4.74 Å². The molecule has 0 atom stereocenters. The third-order valence-corrected chi connectivity index (χ3v) is 4.54. The number of benzene rings is 3. The predicted molar refractivity (Wildman–Crippen MR) is 101 cm³/mol. The molecule has 0 aliphatic heterocycles. The van der Waals surface area contributed by atoms with Crippen LogP contribution in [0.4, 0.5) is 0 Å². The molecule has 0 spiro atoms. The van der Waals surface area contributed by atoms with Gasteiger partial charge in [-0.2, -0.15) is 0 Å². The second-order valence-corrected chi connectivity index (χ2v) is 6.04. The van der Waals surface area contributed by atoms with Crippen molar-refractivity contribution in [3.05, 3.63) is 77.9 Å². The van der Waals surface area contributed by atoms with Crippen molar-refractivity contribution < 1.29 is 9.53 Å². The van der Waals surface area contributed by atoms with Gasteiger partial charge in [0, 0.05) is 10.9 Å². The number of carbonyl (C=O) groups excluding carboxylic acids is 1. The van der Waals surface area contributed by atoms with Gasteiger partial charge in [-0.05, 0) is 35.4 Å². The molecule has 0 bridgehead atoms. The van der Waals surface area contributed by atoms with Gasteiger partial charge in [0.2, 0.25) is 0 Å². The Morgan fingerprint density at radius 2 is 1.56 bits per heavy atom. The number of methoxy groups -OCH3 is 1. The molecule has 3 nitrogen and oxygen atoms in total. The highest BCUT2D eigenvalue weighted by molar-refractivity contribution is 6.06. The van der Waals surface area contributed by atoms with Gasteiger partial charge in [0.05, 0.1) is 23.9 Å². The van der Waals surface area contributed by atoms with Gasteiger partial charge in [0.15, 0.2) is 0 Å². The fourth-order valence-corrected chi connectivity index (χ4v) is 3.27. The van der Waals surface area contributed by atoms with Gasteiger partial charge in [-0.1, -0.05) is 54.6 Å². The van der Waals surface area contributed by atoms with Crippen molar-refractivity contribution in [3.63, 3.8) is 0 Å². The molecule has 122 valence electrons. The van der Waals surface area contributed by atoms with Crippen LogP contribution >= 0.6 is 0 Å². The van der Waals surface area contributed by atoms with E-state index in [0.717, 1.165) is 27.5 Å². The molecule has 0 radical (unpaired) electrons. The molecule has 0 aliphatic carbocycles. The van der Waals surface area contributed by atoms with E-state index < -0.39 is 0 Å². The topological polar surface area (TPSA) is 39.2 Å². The minimum absolute atomic E-state index is 0.351. The first kappa shape index (κ1) is 15.3. The largest absolute Gasteiger partial charge is 0.465 e. The molecule has 1 heterocycles. The lowest BCUT2D eigenvalue weighted by atomic mass is 9.96. The highest BCUT2D eigenvalue weighted by Gasteiger charge is 2.15. The Morgan fingerprint density at radius 3 is 2.32 bits per heavy atom. The molecule has 0 N–H and O–H groups in total. The minimum atomic E-state index is -0.351. The lowest BCUT2D eigenvalue weighted by Gasteiger charge is -2.12. The van der Waals surface area contributed by atoms with E-state index >= 15 is 0 Å². The summed E-state index contributed by atoms with van der Waals surface area (Å²) in [6.07, 6.45) is 0. The van der Waals surface area contributed by atoms with Crippen molar-refractivity contribution in [2.45, 2.75) is 6.92 Å². The molecule has 3 heteroatoms. The summed E-state index contributed by atoms with van der Waals surface area (Å²) in [7, 11) is 1.40. The molecular weight excluding hydrogens is 310 g/mol. The third-order valence-electron chi connectivity index (χ3n) is 4.54. The standard InChI is InChI=1S/C22H17NO2/c1-14-11-12-18(16-8-4-3-7-15(14)16)21-13-19(22(24)25-2)17-9-5-6-10-20(17)23-21/h3-13H,1-2H3. The first-order valence-corrected chi connectivity index (χ1v) is 8.16. The summed E-state index contributed by atoms with van der Waals surface area (Å²) in [6, 6.07) is 21.9. The van der Waals surface area contributed by atoms with E-state index in [1.165, 1.54) is 18.1 Å². The second kappa shape index (κ2) is 6.02. The molecule has 0 aliphatic rings. The Kier molecular flexibility index (Phi) is 3.69. The Morgan fingerprint density at radius 1 is 0.880 bits per heavy atom. The van der Waals surface area contributed by atoms with Crippen LogP contribution in [-0.4, -0.2) is 18.1 Å². The summed E-state index contributed by atoms with van der Waals surface area (Å²) in [4.78, 5) is 17.1. The Hall–Kier alpha value is -3.20. The number of ether oxygens (including phenoxy) is 1. The first-order chi connectivity index (χ1) is 12.2. The lowest BCUT2D eigenvalue weighted by Crippen LogP contribution is -2.04. The molecular formula is C22H17NO2. The van der Waals surface area contributed by atoms with Crippen molar-refractivity contribution in [2.24, 2.45) is 0 Å². The summed E-state index contributed by atoms with van der Waals surface area (Å²) >= 11 is 0. The van der Waals surface area contributed by atoms with Crippen LogP contribution in [0.25, 0.3) is 32.9 Å². The highest BCUT2D eigenvalue weighted by Crippen LogP contribution is 2.32. The molecule has 0 amide bonds. The van der Waals surface area contributed by atoms with Gasteiger partial charge in [-0.25, -0.2) is 9.78 Å². The molecule has 0 unspecified atom stereocenters. The number of hydrogen-bond acceptors (Lipinski definition) is 3. The zero-order chi connectivity index (χ0) is 17.4. The Labute approximate surface area is 145 Å². The smallest absolute Gasteiger partial charge is 0.338 e. The average molecular weight is 327 g/mol. The van der Waals surface area contributed by atoms with Crippen LogP contribution in [0.2, 0.25) is 0 Å². The molecule has 4 aromatic rings. The van der Waals surface area contributed by atoms with Crippen molar-refractivity contribution in [1.82, 2.24) is 4.98 Å². The Balaban J connectivity index is 2.06. The van der Waals surface area contributed by atoms with Gasteiger partial charge >= 0.3 is 5.97 Å². The predicted octanol–water partition coefficient (Wildman–Crippen LogP) is 5.15. The number of pyridine rings is 1. The van der Waals surface area contributed by atoms with Crippen LogP contribution in [0.3, 0.4) is 0 Å². The summed E-state index contributed by atoms with van der Waals surface area (Å²) in [6.45, 7) is 2.10. The van der Waals surface area contributed by atoms with E-state index in [9.17, 15) is 4.79 Å². The zero-order valence-electron chi connectivity index (χ0n) is 14.1. The highest BCUT2D eigenvalue weighted by atomic mass is 16.5. The number of para-hydroxylation sites is 1. The van der Waals surface area contributed by atoms with E-state index in [1.807, 2.05) is 42.5 Å². The number of carbonyl (C=O) groups is 1. The van der Waals surface area contributed by atoms with E-state index in [-0.39, 0.29) is 5.97 Å². The quantitative estimate of drug-likeness (QED) is 0.478. The SMILES string of the molecule is COC(=O)c1cc(-c2ccc(C)c3ccccc23)nc2ccccc12. The Bertz CT molecular complexity index is 1120. The number of aryl methyl sites for hydroxylation is 1. The van der Waals surface area contributed by atoms with Gasteiger partial charge < -0.3 is 4.74 Å². The maximum absolute atomic E-state index is 12.3. The van der Waals surface area contributed by atoms with Gasteiger partial charge in [-0.3, -0.25) is 0 Å². The molecule has 0 fully saturated rings. The van der Waals surface area contributed by atoms with Crippen LogP contribution in [0.15, 0.2) is 66.7 Å². The van der Waals surface area contributed by atoms with Crippen LogP contribution in [0.5, 0.6) is 0 Å². The van der Waals surface area contributed by atoms with E-state index in [2.05, 4.69) is 31.2 Å². The summed E-state index contributed by atoms with van der Waals surface area (Å²) in [5.74, 6) is -0.351. The van der Waals surface area contributed by atoms with E-state index in [4.69, 9.17) is 9.72 Å². The van der Waals surface area contributed by atoms with Crippen LogP contribution < -0.4 is 0 Å². The van der Waals surface area contributed by atoms with Crippen LogP contribution in [0, 0.1) is 6.92 Å². The number of hydrogen-bond donors (Lipinski definition) is 0. The van der Waals surface area contributed by atoms with E-state index in [0.29, 0.717) is 5.56 Å². The average Bonchev–Trinajstić information content (AvgIpc) is 2.67. The zero-order valence-corrected chi connectivity index (χ0v) is 14.1. The van der Waals surface area contributed by atoms with Crippen molar-refractivity contribution in [3.8, 4) is 11.3 Å². The number of nitrogens with zero attached hydrogens (tertiary/aromatic N) is 1. The van der Waals surface area contributed by atoms with Crippen molar-refractivity contribution in [2.75, 3.05) is 7.11 Å². The maximum atomic E-state index is 12.3. The molecule has 1 aromatic heterocycles. The fraction of sp³-hybridized carbons (Fsp3) is 0.0909. The van der Waals surface area contributed by atoms with Gasteiger partial charge in [-0.15, -0.1) is 0 Å². The van der Waals surface area contributed by atoms with E-state index in [1.54, 1.807) is 0 Å². The summed E-state index contributed by atoms with van der Waals surface area (Å²) in [5, 5.41) is 3.12. The number of aromatic nitrogens is 1. The molecule has 0 saturated heterocycles. The van der Waals surface area contributed by atoms with Gasteiger partial charge in [0.1, 0.15) is 0 Å². The normalized spacial score (nSPS) is 11.0. The molecule has 4 rings (SSSR count). The number of rotatable bonds is 2. The monoisotopic (exact) mass is 327 g/mol. The first-order valence-electron chi connectivity index (χ1n) is 8.16. The third kappa shape index (κ3) is 2.54. The fourth-order valence-electron chi connectivity index (χ4n) is 3.27. The second-order valence-electron chi connectivity index (χ2n) is 6.04. The summed E-state index contributed by atoms with van der Waals surface area (Å²) < 4.78 is 4.98. The molecule has 25 heavy (non-hydrogen) atoms. The maximum Gasteiger partial charge on any atom is 0.338 e. The van der Waals surface area contributed by atoms with Crippen LogP contribution in [0.1, 0.15) is 15.9 Å². The minimum Gasteiger partial charge on any atom is -0.465 e. The molecule has 0 saturated carbocycles. The van der Waals surface area contributed by atoms with Gasteiger partial charge in [0.25, 0.3) is 0 Å². The summed E-state index contributed by atoms with van der Waals surface area (Å²) in [5.41, 5.74) is 4.32.